The zero-order valence-corrected chi connectivity index (χ0v) is 18.9. The van der Waals surface area contributed by atoms with Gasteiger partial charge in [-0.05, 0) is 42.0 Å². The summed E-state index contributed by atoms with van der Waals surface area (Å²) in [6.45, 7) is -3.79. The molecule has 2 heterocycles. The van der Waals surface area contributed by atoms with Gasteiger partial charge in [0.15, 0.2) is 5.54 Å². The third-order valence-electron chi connectivity index (χ3n) is 6.16. The number of carbonyl (C=O) groups excluding carboxylic acids is 3. The highest BCUT2D eigenvalue weighted by Crippen LogP contribution is 2.37. The first-order valence-electron chi connectivity index (χ1n) is 10.7. The van der Waals surface area contributed by atoms with Gasteiger partial charge in [0.25, 0.3) is 5.91 Å². The van der Waals surface area contributed by atoms with Gasteiger partial charge in [-0.2, -0.15) is 22.0 Å². The van der Waals surface area contributed by atoms with Crippen LogP contribution in [0.4, 0.5) is 32.4 Å². The van der Waals surface area contributed by atoms with Gasteiger partial charge in [-0.25, -0.2) is 4.79 Å². The van der Waals surface area contributed by atoms with E-state index in [0.29, 0.717) is 5.56 Å². The Balaban J connectivity index is 1.61. The Bertz CT molecular complexity index is 1150. The summed E-state index contributed by atoms with van der Waals surface area (Å²) in [4.78, 5) is 42.8. The summed E-state index contributed by atoms with van der Waals surface area (Å²) < 4.78 is 68.0. The molecule has 2 aliphatic heterocycles. The van der Waals surface area contributed by atoms with Crippen LogP contribution in [0.25, 0.3) is 0 Å². The molecule has 2 aromatic carbocycles. The number of nitrogens with one attached hydrogen (secondary N) is 1. The van der Waals surface area contributed by atoms with Crippen LogP contribution in [0.15, 0.2) is 48.5 Å². The van der Waals surface area contributed by atoms with Crippen LogP contribution in [0.3, 0.4) is 0 Å². The number of hydrogen-bond donors (Lipinski definition) is 1. The van der Waals surface area contributed by atoms with Crippen LogP contribution >= 0.6 is 0 Å². The van der Waals surface area contributed by atoms with E-state index in [2.05, 4.69) is 10.1 Å². The van der Waals surface area contributed by atoms with Gasteiger partial charge in [0.1, 0.15) is 12.3 Å². The van der Waals surface area contributed by atoms with Crippen molar-refractivity contribution >= 4 is 23.5 Å². The molecular weight excluding hydrogens is 491 g/mol. The first-order chi connectivity index (χ1) is 16.9. The predicted octanol–water partition coefficient (Wildman–Crippen LogP) is 3.08. The largest absolute Gasteiger partial charge is 0.435 e. The number of rotatable bonds is 5. The van der Waals surface area contributed by atoms with Gasteiger partial charge in [0.2, 0.25) is 5.91 Å². The van der Waals surface area contributed by atoms with Crippen molar-refractivity contribution in [3.63, 3.8) is 0 Å². The number of hydrogen-bond acceptors (Lipinski definition) is 4. The molecule has 2 saturated heterocycles. The summed E-state index contributed by atoms with van der Waals surface area (Å²) in [5.41, 5.74) is -1.64. The van der Waals surface area contributed by atoms with Gasteiger partial charge >= 0.3 is 18.8 Å². The number of amides is 4. The third kappa shape index (κ3) is 4.64. The van der Waals surface area contributed by atoms with Crippen molar-refractivity contribution in [1.29, 1.82) is 0 Å². The van der Waals surface area contributed by atoms with Crippen molar-refractivity contribution < 1.29 is 41.1 Å². The van der Waals surface area contributed by atoms with Gasteiger partial charge in [-0.3, -0.25) is 9.59 Å². The van der Waals surface area contributed by atoms with E-state index < -0.39 is 41.7 Å². The minimum Gasteiger partial charge on any atom is -0.435 e. The van der Waals surface area contributed by atoms with Crippen molar-refractivity contribution in [3.05, 3.63) is 59.7 Å². The molecule has 8 nitrogen and oxygen atoms in total. The molecule has 192 valence electrons. The fourth-order valence-corrected chi connectivity index (χ4v) is 4.33. The average Bonchev–Trinajstić information content (AvgIpc) is 2.80. The molecule has 0 unspecified atom stereocenters. The van der Waals surface area contributed by atoms with Crippen LogP contribution in [-0.4, -0.2) is 66.5 Å². The van der Waals surface area contributed by atoms with E-state index in [4.69, 9.17) is 0 Å². The number of anilines is 1. The summed E-state index contributed by atoms with van der Waals surface area (Å²) in [5.74, 6) is -1.12. The lowest BCUT2D eigenvalue weighted by Gasteiger charge is -2.57. The normalized spacial score (nSPS) is 17.5. The Labute approximate surface area is 202 Å². The second-order valence-electron chi connectivity index (χ2n) is 8.38. The molecule has 2 fully saturated rings. The lowest BCUT2D eigenvalue weighted by atomic mass is 9.83. The van der Waals surface area contributed by atoms with Gasteiger partial charge in [0, 0.05) is 19.3 Å². The zero-order chi connectivity index (χ0) is 26.3. The highest BCUT2D eigenvalue weighted by atomic mass is 19.4. The molecule has 2 aromatic rings. The maximum absolute atomic E-state index is 13.7. The lowest BCUT2D eigenvalue weighted by molar-refractivity contribution is -0.161. The van der Waals surface area contributed by atoms with E-state index in [9.17, 15) is 36.3 Å². The molecule has 13 heteroatoms. The maximum atomic E-state index is 13.7. The van der Waals surface area contributed by atoms with E-state index in [1.807, 2.05) is 0 Å². The Morgan fingerprint density at radius 1 is 1.06 bits per heavy atom. The molecule has 4 rings (SSSR count). The fraction of sp³-hybridized carbons (Fsp3) is 0.348. The van der Waals surface area contributed by atoms with Gasteiger partial charge < -0.3 is 24.8 Å². The highest BCUT2D eigenvalue weighted by molar-refractivity contribution is 6.10. The Morgan fingerprint density at radius 2 is 1.67 bits per heavy atom. The molecule has 0 bridgehead atoms. The molecule has 0 aliphatic carbocycles. The highest BCUT2D eigenvalue weighted by Gasteiger charge is 2.60. The minimum atomic E-state index is -4.52. The molecule has 36 heavy (non-hydrogen) atoms. The third-order valence-corrected chi connectivity index (χ3v) is 6.16. The van der Waals surface area contributed by atoms with Crippen LogP contribution in [0, 0.1) is 0 Å². The molecule has 0 radical (unpaired) electrons. The SMILES string of the molecule is CNC(=O)N1CC2(C1)C(=O)N(c1ccc(OC(F)F)cc1)CC(=O)N2Cc1ccc(C(F)(F)F)cc1. The summed E-state index contributed by atoms with van der Waals surface area (Å²) >= 11 is 0. The maximum Gasteiger partial charge on any atom is 0.416 e. The first kappa shape index (κ1) is 25.2. The summed E-state index contributed by atoms with van der Waals surface area (Å²) in [6, 6.07) is 8.98. The zero-order valence-electron chi connectivity index (χ0n) is 18.9. The second-order valence-corrected chi connectivity index (χ2v) is 8.38. The summed E-state index contributed by atoms with van der Waals surface area (Å²) in [7, 11) is 1.41. The Kier molecular flexibility index (Phi) is 6.50. The van der Waals surface area contributed by atoms with Crippen molar-refractivity contribution in [2.75, 3.05) is 31.6 Å². The number of piperazine rings is 1. The van der Waals surface area contributed by atoms with Gasteiger partial charge in [0.05, 0.1) is 18.7 Å². The van der Waals surface area contributed by atoms with E-state index >= 15 is 0 Å². The number of halogens is 5. The number of benzene rings is 2. The summed E-state index contributed by atoms with van der Waals surface area (Å²) in [5, 5.41) is 2.44. The van der Waals surface area contributed by atoms with Crippen molar-refractivity contribution in [2.24, 2.45) is 0 Å². The molecule has 1 N–H and O–H groups in total. The van der Waals surface area contributed by atoms with Crippen LogP contribution in [0.5, 0.6) is 5.75 Å². The van der Waals surface area contributed by atoms with Gasteiger partial charge in [-0.1, -0.05) is 12.1 Å². The molecule has 0 aromatic heterocycles. The predicted molar refractivity (Wildman–Crippen MR) is 116 cm³/mol. The van der Waals surface area contributed by atoms with E-state index in [1.165, 1.54) is 58.1 Å². The van der Waals surface area contributed by atoms with E-state index in [1.54, 1.807) is 0 Å². The Hall–Kier alpha value is -3.90. The molecule has 0 atom stereocenters. The van der Waals surface area contributed by atoms with Crippen LogP contribution < -0.4 is 15.0 Å². The van der Waals surface area contributed by atoms with Crippen LogP contribution in [0.1, 0.15) is 11.1 Å². The topological polar surface area (TPSA) is 82.2 Å². The molecule has 0 saturated carbocycles. The van der Waals surface area contributed by atoms with E-state index in [-0.39, 0.29) is 37.6 Å². The monoisotopic (exact) mass is 512 g/mol. The number of nitrogens with zero attached hydrogens (tertiary/aromatic N) is 3. The number of alkyl halides is 5. The first-order valence-corrected chi connectivity index (χ1v) is 10.7. The smallest absolute Gasteiger partial charge is 0.416 e. The Morgan fingerprint density at radius 3 is 2.19 bits per heavy atom. The summed E-state index contributed by atoms with van der Waals surface area (Å²) in [6.07, 6.45) is -4.52. The van der Waals surface area contributed by atoms with Crippen LogP contribution in [-0.2, 0) is 22.3 Å². The van der Waals surface area contributed by atoms with Crippen molar-refractivity contribution in [3.8, 4) is 5.75 Å². The van der Waals surface area contributed by atoms with Crippen LogP contribution in [0.2, 0.25) is 0 Å². The average molecular weight is 512 g/mol. The number of likely N-dealkylation sites (tertiary alicyclic amines) is 1. The fourth-order valence-electron chi connectivity index (χ4n) is 4.33. The molecule has 2 aliphatic rings. The quantitative estimate of drug-likeness (QED) is 0.625. The minimum absolute atomic E-state index is 0.124. The number of carbonyl (C=O) groups is 3. The van der Waals surface area contributed by atoms with Gasteiger partial charge in [-0.15, -0.1) is 0 Å². The number of ether oxygens (including phenoxy) is 1. The standard InChI is InChI=1S/C23H21F5N4O4/c1-29-21(35)30-12-22(13-30)19(34)31(16-6-8-17(9-7-16)36-20(24)25)11-18(33)32(22)10-14-2-4-15(5-3-14)23(26,27)28/h2-9,20H,10-13H2,1H3,(H,29,35). The lowest BCUT2D eigenvalue weighted by Crippen LogP contribution is -2.81. The molecular formula is C23H21F5N4O4. The van der Waals surface area contributed by atoms with E-state index in [0.717, 1.165) is 12.1 Å². The van der Waals surface area contributed by atoms with Crippen molar-refractivity contribution in [2.45, 2.75) is 24.9 Å². The second kappa shape index (κ2) is 9.28. The van der Waals surface area contributed by atoms with Crippen molar-refractivity contribution in [1.82, 2.24) is 15.1 Å². The molecule has 4 amide bonds. The molecule has 1 spiro atoms. The number of urea groups is 1.